The Labute approximate surface area is 180 Å². The predicted octanol–water partition coefficient (Wildman–Crippen LogP) is 3.59. The van der Waals surface area contributed by atoms with Gasteiger partial charge in [-0.3, -0.25) is 0 Å². The van der Waals surface area contributed by atoms with Gasteiger partial charge in [0.15, 0.2) is 6.54 Å². The number of para-hydroxylation sites is 1. The molecule has 4 rings (SSSR count). The van der Waals surface area contributed by atoms with E-state index in [-0.39, 0.29) is 24.4 Å². The molecule has 0 bridgehead atoms. The fourth-order valence-electron chi connectivity index (χ4n) is 3.79. The van der Waals surface area contributed by atoms with E-state index < -0.39 is 5.92 Å². The molecule has 1 aromatic carbocycles. The number of hydrogen-bond acceptors (Lipinski definition) is 6. The van der Waals surface area contributed by atoms with E-state index in [0.29, 0.717) is 29.4 Å². The van der Waals surface area contributed by atoms with Crippen LogP contribution >= 0.6 is 0 Å². The molecule has 1 aliphatic carbocycles. The van der Waals surface area contributed by atoms with Gasteiger partial charge in [0.25, 0.3) is 5.89 Å². The van der Waals surface area contributed by atoms with Crippen molar-refractivity contribution in [3.05, 3.63) is 54.5 Å². The highest BCUT2D eigenvalue weighted by atomic mass is 16.5. The lowest BCUT2D eigenvalue weighted by atomic mass is 9.94. The molecule has 2 aliphatic rings. The second kappa shape index (κ2) is 9.07. The summed E-state index contributed by atoms with van der Waals surface area (Å²) in [5.41, 5.74) is 1.33. The molecule has 0 spiro atoms. The van der Waals surface area contributed by atoms with Crippen molar-refractivity contribution in [1.82, 2.24) is 15.0 Å². The van der Waals surface area contributed by atoms with Gasteiger partial charge in [0.2, 0.25) is 5.82 Å². The van der Waals surface area contributed by atoms with Crippen LogP contribution in [0.4, 0.5) is 4.79 Å². The number of methoxy groups -OCH3 is 1. The van der Waals surface area contributed by atoms with Gasteiger partial charge >= 0.3 is 11.9 Å². The van der Waals surface area contributed by atoms with Crippen molar-refractivity contribution < 1.29 is 23.4 Å². The maximum atomic E-state index is 13.2. The average Bonchev–Trinajstić information content (AvgIpc) is 3.27. The lowest BCUT2D eigenvalue weighted by molar-refractivity contribution is -0.460. The molecular weight excluding hydrogens is 396 g/mol. The lowest BCUT2D eigenvalue weighted by Gasteiger charge is -2.26. The Kier molecular flexibility index (Phi) is 6.06. The van der Waals surface area contributed by atoms with Crippen LogP contribution in [0, 0.1) is 5.92 Å². The molecule has 1 atom stereocenters. The molecular formula is C23H25N4O4+. The Morgan fingerprint density at radius 3 is 2.84 bits per heavy atom. The Bertz CT molecular complexity index is 1080. The molecule has 3 amide bonds. The molecule has 2 heterocycles. The first-order chi connectivity index (χ1) is 15.1. The number of carbonyl (C=O) groups excluding carboxylic acids is 2. The topological polar surface area (TPSA) is 88.5 Å². The Balaban J connectivity index is 1.64. The van der Waals surface area contributed by atoms with Crippen LogP contribution in [0.25, 0.3) is 11.4 Å². The van der Waals surface area contributed by atoms with Gasteiger partial charge in [-0.25, -0.2) is 4.79 Å². The highest BCUT2D eigenvalue weighted by Gasteiger charge is 2.46. The number of amides is 3. The van der Waals surface area contributed by atoms with Gasteiger partial charge < -0.3 is 9.26 Å². The van der Waals surface area contributed by atoms with Crippen LogP contribution in [0.1, 0.15) is 32.1 Å². The average molecular weight is 421 g/mol. The minimum Gasteiger partial charge on any atom is -0.496 e. The van der Waals surface area contributed by atoms with E-state index in [1.165, 1.54) is 4.90 Å². The molecule has 0 fully saturated rings. The van der Waals surface area contributed by atoms with E-state index in [2.05, 4.69) is 17.1 Å². The highest BCUT2D eigenvalue weighted by molar-refractivity contribution is 6.16. The number of fused-ring (bicyclic) bond motifs is 1. The fraction of sp³-hybridized carbons (Fsp3) is 0.348. The molecule has 1 unspecified atom stereocenters. The van der Waals surface area contributed by atoms with Crippen molar-refractivity contribution in [2.75, 3.05) is 13.7 Å². The summed E-state index contributed by atoms with van der Waals surface area (Å²) < 4.78 is 12.4. The van der Waals surface area contributed by atoms with Crippen LogP contribution in [0.3, 0.4) is 0 Å². The van der Waals surface area contributed by atoms with E-state index in [9.17, 15) is 9.59 Å². The number of rotatable bonds is 8. The summed E-state index contributed by atoms with van der Waals surface area (Å²) in [6.07, 6.45) is 10.0. The summed E-state index contributed by atoms with van der Waals surface area (Å²) in [7, 11) is 1.58. The summed E-state index contributed by atoms with van der Waals surface area (Å²) in [5, 5.41) is 4.06. The standard InChI is InChI=1S/C23H25N4O4/c1-3-4-9-14-26-22(28)16-10-5-7-12-18(16)27(23(26)29)15-20-24-21(25-31-20)17-11-6-8-13-19(17)30-2/h5-8,10-13,16H,3-4,9,14-15H2,1-2H3/q+1. The summed E-state index contributed by atoms with van der Waals surface area (Å²) in [6, 6.07) is 7.02. The Hall–Kier alpha value is -3.55. The number of unbranched alkanes of at least 4 members (excludes halogenated alkanes) is 2. The molecule has 160 valence electrons. The van der Waals surface area contributed by atoms with E-state index in [4.69, 9.17) is 9.26 Å². The first kappa shape index (κ1) is 20.7. The zero-order valence-electron chi connectivity index (χ0n) is 17.7. The van der Waals surface area contributed by atoms with Crippen molar-refractivity contribution in [2.45, 2.75) is 32.7 Å². The summed E-state index contributed by atoms with van der Waals surface area (Å²) in [5.74, 6) is 0.625. The van der Waals surface area contributed by atoms with Gasteiger partial charge in [-0.05, 0) is 31.1 Å². The Morgan fingerprint density at radius 1 is 1.19 bits per heavy atom. The number of urea groups is 1. The number of hydrogen-bond donors (Lipinski definition) is 0. The fourth-order valence-corrected chi connectivity index (χ4v) is 3.79. The van der Waals surface area contributed by atoms with Gasteiger partial charge in [-0.2, -0.15) is 19.3 Å². The van der Waals surface area contributed by atoms with Gasteiger partial charge in [0.1, 0.15) is 17.4 Å². The van der Waals surface area contributed by atoms with Gasteiger partial charge in [-0.15, -0.1) is 0 Å². The summed E-state index contributed by atoms with van der Waals surface area (Å²) in [6.45, 7) is 2.57. The molecule has 0 saturated carbocycles. The number of carbonyl (C=O) groups is 2. The van der Waals surface area contributed by atoms with Gasteiger partial charge in [0, 0.05) is 0 Å². The zero-order valence-corrected chi connectivity index (χ0v) is 17.7. The van der Waals surface area contributed by atoms with E-state index in [0.717, 1.165) is 19.3 Å². The number of ether oxygens (including phenoxy) is 1. The molecule has 0 saturated heterocycles. The maximum Gasteiger partial charge on any atom is 0.501 e. The van der Waals surface area contributed by atoms with E-state index in [1.54, 1.807) is 17.8 Å². The monoisotopic (exact) mass is 421 g/mol. The largest absolute Gasteiger partial charge is 0.501 e. The lowest BCUT2D eigenvalue weighted by Crippen LogP contribution is -2.54. The normalized spacial score (nSPS) is 18.0. The van der Waals surface area contributed by atoms with Crippen molar-refractivity contribution in [3.63, 3.8) is 0 Å². The van der Waals surface area contributed by atoms with Crippen LogP contribution < -0.4 is 4.74 Å². The first-order valence-corrected chi connectivity index (χ1v) is 10.4. The SMILES string of the molecule is CCCCCN1C(=O)C2C=CC=CC2=[N+](Cc2nc(-c3ccccc3OC)no2)C1=O. The van der Waals surface area contributed by atoms with Gasteiger partial charge in [0.05, 0.1) is 19.2 Å². The molecule has 8 heteroatoms. The van der Waals surface area contributed by atoms with E-state index >= 15 is 0 Å². The number of allylic oxidation sites excluding steroid dienone is 3. The number of nitrogens with zero attached hydrogens (tertiary/aromatic N) is 4. The minimum absolute atomic E-state index is 0.0859. The van der Waals surface area contributed by atoms with Crippen LogP contribution in [0.2, 0.25) is 0 Å². The highest BCUT2D eigenvalue weighted by Crippen LogP contribution is 2.27. The third-order valence-electron chi connectivity index (χ3n) is 5.40. The van der Waals surface area contributed by atoms with E-state index in [1.807, 2.05) is 42.5 Å². The van der Waals surface area contributed by atoms with Gasteiger partial charge in [-0.1, -0.05) is 48.9 Å². The number of imide groups is 1. The predicted molar refractivity (Wildman–Crippen MR) is 114 cm³/mol. The van der Waals surface area contributed by atoms with Crippen molar-refractivity contribution in [3.8, 4) is 17.1 Å². The molecule has 1 aliphatic heterocycles. The van der Waals surface area contributed by atoms with Crippen LogP contribution in [-0.2, 0) is 11.3 Å². The van der Waals surface area contributed by atoms with Crippen LogP contribution in [-0.4, -0.2) is 50.9 Å². The molecule has 0 radical (unpaired) electrons. The maximum absolute atomic E-state index is 13.2. The molecule has 1 aromatic heterocycles. The third-order valence-corrected chi connectivity index (χ3v) is 5.40. The minimum atomic E-state index is -0.485. The molecule has 0 N–H and O–H groups in total. The zero-order chi connectivity index (χ0) is 21.8. The molecule has 8 nitrogen and oxygen atoms in total. The van der Waals surface area contributed by atoms with Crippen molar-refractivity contribution in [1.29, 1.82) is 0 Å². The molecule has 31 heavy (non-hydrogen) atoms. The third kappa shape index (κ3) is 4.05. The van der Waals surface area contributed by atoms with Crippen LogP contribution in [0.5, 0.6) is 5.75 Å². The second-order valence-corrected chi connectivity index (χ2v) is 7.42. The van der Waals surface area contributed by atoms with Crippen LogP contribution in [0.15, 0.2) is 53.1 Å². The second-order valence-electron chi connectivity index (χ2n) is 7.42. The summed E-state index contributed by atoms with van der Waals surface area (Å²) >= 11 is 0. The first-order valence-electron chi connectivity index (χ1n) is 10.4. The summed E-state index contributed by atoms with van der Waals surface area (Å²) in [4.78, 5) is 31.9. The quantitative estimate of drug-likeness (QED) is 0.478. The van der Waals surface area contributed by atoms with Crippen molar-refractivity contribution in [2.24, 2.45) is 5.92 Å². The number of aromatic nitrogens is 2. The smallest absolute Gasteiger partial charge is 0.496 e. The Morgan fingerprint density at radius 2 is 2.03 bits per heavy atom. The van der Waals surface area contributed by atoms with Crippen molar-refractivity contribution >= 4 is 17.6 Å². The molecule has 2 aromatic rings. The number of benzene rings is 1.